The molecule has 3 N–H and O–H groups in total. The maximum absolute atomic E-state index is 14.4. The third kappa shape index (κ3) is 8.60. The maximum Gasteiger partial charge on any atom is 0.510 e. The van der Waals surface area contributed by atoms with Crippen LogP contribution in [0.4, 0.5) is 14.0 Å². The summed E-state index contributed by atoms with van der Waals surface area (Å²) in [6.07, 6.45) is -4.69. The molecule has 40 heavy (non-hydrogen) atoms. The highest BCUT2D eigenvalue weighted by molar-refractivity contribution is 7.48. The second kappa shape index (κ2) is 13.7. The fraction of sp³-hybridized carbons (Fsp3) is 0.682. The van der Waals surface area contributed by atoms with Crippen molar-refractivity contribution in [3.05, 3.63) is 24.7 Å². The molecule has 0 spiro atoms. The minimum atomic E-state index is -4.86. The van der Waals surface area contributed by atoms with Gasteiger partial charge in [-0.2, -0.15) is 0 Å². The van der Waals surface area contributed by atoms with Gasteiger partial charge in [0.1, 0.15) is 24.2 Å². The maximum atomic E-state index is 14.4. The number of hydrogen-bond donors (Lipinski definition) is 3. The van der Waals surface area contributed by atoms with Crippen molar-refractivity contribution in [2.75, 3.05) is 26.9 Å². The van der Waals surface area contributed by atoms with Crippen molar-refractivity contribution in [3.8, 4) is 0 Å². The van der Waals surface area contributed by atoms with Gasteiger partial charge in [0.05, 0.1) is 18.8 Å². The summed E-state index contributed by atoms with van der Waals surface area (Å²) in [5, 5.41) is 24.2. The first-order valence-corrected chi connectivity index (χ1v) is 13.3. The van der Waals surface area contributed by atoms with E-state index >= 15 is 0 Å². The first kappa shape index (κ1) is 33.4. The van der Waals surface area contributed by atoms with Gasteiger partial charge in [-0.1, -0.05) is 6.58 Å². The predicted molar refractivity (Wildman–Crippen MR) is 129 cm³/mol. The average Bonchev–Trinajstić information content (AvgIpc) is 3.03. The van der Waals surface area contributed by atoms with Crippen molar-refractivity contribution in [1.29, 1.82) is 0 Å². The number of carbonyl (C=O) groups excluding carboxylic acids is 3. The lowest BCUT2D eigenvalue weighted by molar-refractivity contribution is -0.149. The Morgan fingerprint density at radius 1 is 1.15 bits per heavy atom. The molecule has 0 aromatic rings. The van der Waals surface area contributed by atoms with Crippen LogP contribution in [0.5, 0.6) is 0 Å². The van der Waals surface area contributed by atoms with E-state index in [9.17, 15) is 33.6 Å². The monoisotopic (exact) mass is 600 g/mol. The van der Waals surface area contributed by atoms with Crippen LogP contribution in [0.2, 0.25) is 0 Å². The predicted octanol–water partition coefficient (Wildman–Crippen LogP) is 1.78. The summed E-state index contributed by atoms with van der Waals surface area (Å²) in [6.45, 7) is 6.32. The highest BCUT2D eigenvalue weighted by Crippen LogP contribution is 2.52. The molecule has 1 saturated heterocycles. The van der Waals surface area contributed by atoms with Crippen LogP contribution < -0.4 is 5.32 Å². The molecule has 18 heteroatoms. The SMILES string of the molecule is C=C1NC(=O)C=CN1[C@@H]1O[C@](CF)(COP(=O)(OCOC(=O)OC(C)C)OCOC(=O)OC(C)C)[C@@H](O)[C@@]1(C)O. The standard InChI is InChI=1S/C22H34FN2O14P/c1-13(2)37-19(28)32-11-35-40(31,36-12-33-20(29)38-14(3)4)34-10-22(9-23)17(27)21(6,30)18(39-22)25-8-7-16(26)24-15(25)5/h7-8,13-14,17-18,27,30H,5,9-12H2,1-4,6H3,(H,24,26)/t17-,18+,21+,22+/m0/s1. The highest BCUT2D eigenvalue weighted by atomic mass is 31.2. The van der Waals surface area contributed by atoms with E-state index in [1.54, 1.807) is 27.7 Å². The molecule has 2 aliphatic heterocycles. The second-order valence-electron chi connectivity index (χ2n) is 9.29. The summed E-state index contributed by atoms with van der Waals surface area (Å²) in [7, 11) is -4.86. The zero-order valence-electron chi connectivity index (χ0n) is 22.6. The van der Waals surface area contributed by atoms with Crippen molar-refractivity contribution < 1.29 is 70.8 Å². The van der Waals surface area contributed by atoms with E-state index in [1.165, 1.54) is 6.20 Å². The Bertz CT molecular complexity index is 989. The number of aliphatic hydroxyl groups excluding tert-OH is 1. The number of rotatable bonds is 13. The van der Waals surface area contributed by atoms with Crippen LogP contribution in [0, 0.1) is 0 Å². The fourth-order valence-electron chi connectivity index (χ4n) is 3.41. The molecule has 0 saturated carbocycles. The Morgan fingerprint density at radius 2 is 1.68 bits per heavy atom. The summed E-state index contributed by atoms with van der Waals surface area (Å²) < 4.78 is 67.0. The lowest BCUT2D eigenvalue weighted by atomic mass is 9.88. The van der Waals surface area contributed by atoms with E-state index in [4.69, 9.17) is 27.8 Å². The van der Waals surface area contributed by atoms with E-state index in [0.29, 0.717) is 0 Å². The van der Waals surface area contributed by atoms with Gasteiger partial charge in [0.25, 0.3) is 5.91 Å². The Kier molecular flexibility index (Phi) is 11.5. The summed E-state index contributed by atoms with van der Waals surface area (Å²) in [5.41, 5.74) is -4.55. The molecule has 0 unspecified atom stereocenters. The largest absolute Gasteiger partial charge is 0.510 e. The number of carbonyl (C=O) groups is 3. The molecule has 228 valence electrons. The quantitative estimate of drug-likeness (QED) is 0.157. The van der Waals surface area contributed by atoms with Gasteiger partial charge in [0.2, 0.25) is 13.6 Å². The molecule has 0 bridgehead atoms. The first-order chi connectivity index (χ1) is 18.5. The van der Waals surface area contributed by atoms with E-state index in [1.807, 2.05) is 0 Å². The number of phosphoric ester groups is 1. The smallest absolute Gasteiger partial charge is 0.432 e. The lowest BCUT2D eigenvalue weighted by Crippen LogP contribution is -2.55. The number of alkyl halides is 1. The molecule has 2 rings (SSSR count). The second-order valence-corrected chi connectivity index (χ2v) is 11.0. The van der Waals surface area contributed by atoms with Crippen LogP contribution in [-0.2, 0) is 46.6 Å². The number of nitrogens with one attached hydrogen (secondary N) is 1. The first-order valence-electron chi connectivity index (χ1n) is 11.9. The third-order valence-corrected chi connectivity index (χ3v) is 6.54. The Balaban J connectivity index is 2.19. The molecule has 0 aromatic heterocycles. The normalized spacial score (nSPS) is 26.7. The van der Waals surface area contributed by atoms with Crippen molar-refractivity contribution in [2.45, 2.75) is 70.4 Å². The molecule has 0 aliphatic carbocycles. The lowest BCUT2D eigenvalue weighted by Gasteiger charge is -2.37. The number of ether oxygens (including phenoxy) is 5. The van der Waals surface area contributed by atoms with Crippen LogP contribution >= 0.6 is 7.82 Å². The molecule has 16 nitrogen and oxygen atoms in total. The third-order valence-electron chi connectivity index (χ3n) is 5.25. The molecule has 2 aliphatic rings. The van der Waals surface area contributed by atoms with Crippen molar-refractivity contribution in [3.63, 3.8) is 0 Å². The molecule has 0 radical (unpaired) electrons. The molecule has 1 amide bonds. The van der Waals surface area contributed by atoms with Gasteiger partial charge in [-0.25, -0.2) is 27.6 Å². The van der Waals surface area contributed by atoms with Gasteiger partial charge in [-0.3, -0.25) is 9.32 Å². The van der Waals surface area contributed by atoms with Crippen LogP contribution in [0.1, 0.15) is 34.6 Å². The number of nitrogens with zero attached hydrogens (tertiary/aromatic N) is 1. The van der Waals surface area contributed by atoms with Crippen molar-refractivity contribution in [1.82, 2.24) is 10.2 Å². The minimum Gasteiger partial charge on any atom is -0.432 e. The Labute approximate surface area is 229 Å². The number of hydrogen-bond acceptors (Lipinski definition) is 15. The highest BCUT2D eigenvalue weighted by Gasteiger charge is 2.63. The zero-order valence-corrected chi connectivity index (χ0v) is 23.5. The van der Waals surface area contributed by atoms with E-state index in [0.717, 1.165) is 17.9 Å². The zero-order chi connectivity index (χ0) is 30.3. The topological polar surface area (TPSA) is 198 Å². The number of phosphoric acid groups is 1. The van der Waals surface area contributed by atoms with Crippen LogP contribution in [-0.4, -0.2) is 95.9 Å². The van der Waals surface area contributed by atoms with E-state index in [2.05, 4.69) is 21.4 Å². The molecule has 1 fully saturated rings. The molecule has 2 heterocycles. The van der Waals surface area contributed by atoms with Gasteiger partial charge in [0, 0.05) is 12.3 Å². The summed E-state index contributed by atoms with van der Waals surface area (Å²) in [6, 6.07) is 0. The molecule has 0 aromatic carbocycles. The molecular weight excluding hydrogens is 566 g/mol. The molecule has 4 atom stereocenters. The average molecular weight is 600 g/mol. The van der Waals surface area contributed by atoms with Crippen molar-refractivity contribution in [2.24, 2.45) is 0 Å². The van der Waals surface area contributed by atoms with Crippen LogP contribution in [0.15, 0.2) is 24.7 Å². The summed E-state index contributed by atoms with van der Waals surface area (Å²) >= 11 is 0. The van der Waals surface area contributed by atoms with Gasteiger partial charge in [-0.15, -0.1) is 0 Å². The number of halogens is 1. The Morgan fingerprint density at radius 3 is 2.12 bits per heavy atom. The number of amides is 1. The van der Waals surface area contributed by atoms with E-state index in [-0.39, 0.29) is 5.82 Å². The van der Waals surface area contributed by atoms with Gasteiger partial charge >= 0.3 is 20.1 Å². The summed E-state index contributed by atoms with van der Waals surface area (Å²) in [5.74, 6) is -0.567. The fourth-order valence-corrected chi connectivity index (χ4v) is 4.37. The van der Waals surface area contributed by atoms with Gasteiger partial charge < -0.3 is 44.1 Å². The van der Waals surface area contributed by atoms with Crippen LogP contribution in [0.25, 0.3) is 0 Å². The summed E-state index contributed by atoms with van der Waals surface area (Å²) in [4.78, 5) is 35.9. The van der Waals surface area contributed by atoms with E-state index < -0.39 is 88.6 Å². The minimum absolute atomic E-state index is 0.0474. The van der Waals surface area contributed by atoms with Crippen molar-refractivity contribution >= 4 is 26.0 Å². The van der Waals surface area contributed by atoms with Gasteiger partial charge in [0.15, 0.2) is 11.8 Å². The number of aliphatic hydroxyl groups is 2. The Hall–Kier alpha value is -2.79. The molecular formula is C22H34FN2O14P. The van der Waals surface area contributed by atoms with Gasteiger partial charge in [-0.05, 0) is 34.6 Å². The van der Waals surface area contributed by atoms with Crippen LogP contribution in [0.3, 0.4) is 0 Å².